The minimum atomic E-state index is -0.839. The van der Waals surface area contributed by atoms with Gasteiger partial charge in [-0.2, -0.15) is 0 Å². The SMILES string of the molecule is C/C(O)=C1/C(=O)OC[C@@]1(C)C12CCCCC1=CC(=O)O2. The Hall–Kier alpha value is -1.78. The third-order valence-corrected chi connectivity index (χ3v) is 4.81. The Morgan fingerprint density at radius 3 is 2.80 bits per heavy atom. The topological polar surface area (TPSA) is 72.8 Å². The number of carbonyl (C=O) groups excluding carboxylic acids is 2. The van der Waals surface area contributed by atoms with E-state index in [0.717, 1.165) is 24.8 Å². The first-order chi connectivity index (χ1) is 9.41. The van der Waals surface area contributed by atoms with Crippen molar-refractivity contribution in [3.63, 3.8) is 0 Å². The summed E-state index contributed by atoms with van der Waals surface area (Å²) < 4.78 is 10.8. The third kappa shape index (κ3) is 1.49. The molecule has 5 nitrogen and oxygen atoms in total. The first-order valence-corrected chi connectivity index (χ1v) is 6.92. The molecule has 0 radical (unpaired) electrons. The second kappa shape index (κ2) is 4.11. The van der Waals surface area contributed by atoms with Crippen LogP contribution in [0.1, 0.15) is 39.5 Å². The van der Waals surface area contributed by atoms with E-state index in [1.807, 2.05) is 6.92 Å². The van der Waals surface area contributed by atoms with Gasteiger partial charge in [0.25, 0.3) is 0 Å². The molecule has 0 aromatic carbocycles. The Balaban J connectivity index is 2.15. The lowest BCUT2D eigenvalue weighted by Crippen LogP contribution is -2.51. The molecule has 3 aliphatic rings. The van der Waals surface area contributed by atoms with Crippen LogP contribution in [0, 0.1) is 5.41 Å². The number of fused-ring (bicyclic) bond motifs is 1. The standard InChI is InChI=1S/C15H18O5/c1-9(16)12-13(18)19-8-14(12,2)15-6-4-3-5-10(15)7-11(17)20-15/h7,16H,3-6,8H2,1-2H3/b12-9+/t14-,15?/m1/s1. The van der Waals surface area contributed by atoms with Crippen molar-refractivity contribution in [2.24, 2.45) is 5.41 Å². The van der Waals surface area contributed by atoms with Gasteiger partial charge < -0.3 is 14.6 Å². The summed E-state index contributed by atoms with van der Waals surface area (Å²) >= 11 is 0. The second-order valence-corrected chi connectivity index (χ2v) is 5.99. The maximum Gasteiger partial charge on any atom is 0.338 e. The molecule has 2 heterocycles. The van der Waals surface area contributed by atoms with Crippen molar-refractivity contribution in [3.05, 3.63) is 23.0 Å². The average molecular weight is 278 g/mol. The van der Waals surface area contributed by atoms with Crippen molar-refractivity contribution < 1.29 is 24.2 Å². The predicted octanol–water partition coefficient (Wildman–Crippen LogP) is 2.18. The number of esters is 2. The van der Waals surface area contributed by atoms with E-state index in [-0.39, 0.29) is 23.9 Å². The van der Waals surface area contributed by atoms with Gasteiger partial charge in [-0.25, -0.2) is 9.59 Å². The molecule has 108 valence electrons. The largest absolute Gasteiger partial charge is 0.512 e. The Morgan fingerprint density at radius 1 is 1.35 bits per heavy atom. The van der Waals surface area contributed by atoms with Crippen LogP contribution in [0.5, 0.6) is 0 Å². The quantitative estimate of drug-likeness (QED) is 0.452. The van der Waals surface area contributed by atoms with Crippen molar-refractivity contribution in [1.82, 2.24) is 0 Å². The number of cyclic esters (lactones) is 1. The summed E-state index contributed by atoms with van der Waals surface area (Å²) in [6.45, 7) is 3.44. The van der Waals surface area contributed by atoms with Crippen LogP contribution < -0.4 is 0 Å². The van der Waals surface area contributed by atoms with E-state index in [1.165, 1.54) is 13.0 Å². The molecule has 20 heavy (non-hydrogen) atoms. The fourth-order valence-corrected chi connectivity index (χ4v) is 3.89. The van der Waals surface area contributed by atoms with Gasteiger partial charge in [0.15, 0.2) is 0 Å². The molecule has 1 saturated heterocycles. The molecule has 5 heteroatoms. The molecule has 1 saturated carbocycles. The van der Waals surface area contributed by atoms with Crippen LogP contribution in [0.15, 0.2) is 23.0 Å². The van der Waals surface area contributed by atoms with Gasteiger partial charge in [-0.3, -0.25) is 0 Å². The van der Waals surface area contributed by atoms with Crippen LogP contribution in [-0.2, 0) is 19.1 Å². The number of hydrogen-bond acceptors (Lipinski definition) is 5. The molecular weight excluding hydrogens is 260 g/mol. The Bertz CT molecular complexity index is 555. The molecule has 0 spiro atoms. The molecule has 1 aliphatic carbocycles. The number of ether oxygens (including phenoxy) is 2. The van der Waals surface area contributed by atoms with Crippen molar-refractivity contribution in [3.8, 4) is 0 Å². The summed E-state index contributed by atoms with van der Waals surface area (Å²) in [5, 5.41) is 9.89. The van der Waals surface area contributed by atoms with Gasteiger partial charge >= 0.3 is 11.9 Å². The summed E-state index contributed by atoms with van der Waals surface area (Å²) in [7, 11) is 0. The van der Waals surface area contributed by atoms with Crippen LogP contribution in [0.25, 0.3) is 0 Å². The summed E-state index contributed by atoms with van der Waals surface area (Å²) in [5.74, 6) is -0.940. The Kier molecular flexibility index (Phi) is 2.71. The van der Waals surface area contributed by atoms with Gasteiger partial charge in [-0.1, -0.05) is 0 Å². The van der Waals surface area contributed by atoms with Gasteiger partial charge in [-0.05, 0) is 45.1 Å². The van der Waals surface area contributed by atoms with Crippen LogP contribution >= 0.6 is 0 Å². The van der Waals surface area contributed by atoms with Gasteiger partial charge in [0.1, 0.15) is 18.0 Å². The van der Waals surface area contributed by atoms with Crippen LogP contribution in [0.3, 0.4) is 0 Å². The maximum absolute atomic E-state index is 11.9. The van der Waals surface area contributed by atoms with Crippen molar-refractivity contribution >= 4 is 11.9 Å². The lowest BCUT2D eigenvalue weighted by Gasteiger charge is -2.45. The van der Waals surface area contributed by atoms with E-state index in [1.54, 1.807) is 0 Å². The normalized spacial score (nSPS) is 39.0. The van der Waals surface area contributed by atoms with E-state index < -0.39 is 17.0 Å². The predicted molar refractivity (Wildman–Crippen MR) is 69.8 cm³/mol. The first-order valence-electron chi connectivity index (χ1n) is 6.92. The lowest BCUT2D eigenvalue weighted by molar-refractivity contribution is -0.158. The van der Waals surface area contributed by atoms with Gasteiger partial charge in [-0.15, -0.1) is 0 Å². The lowest BCUT2D eigenvalue weighted by atomic mass is 9.61. The molecule has 1 unspecified atom stereocenters. The smallest absolute Gasteiger partial charge is 0.338 e. The molecular formula is C15H18O5. The summed E-state index contributed by atoms with van der Waals surface area (Å²) in [5.41, 5.74) is -0.497. The van der Waals surface area contributed by atoms with Crippen molar-refractivity contribution in [1.29, 1.82) is 0 Å². The van der Waals surface area contributed by atoms with E-state index in [0.29, 0.717) is 6.42 Å². The van der Waals surface area contributed by atoms with E-state index in [9.17, 15) is 14.7 Å². The number of rotatable bonds is 1. The summed E-state index contributed by atoms with van der Waals surface area (Å²) in [4.78, 5) is 23.7. The van der Waals surface area contributed by atoms with E-state index in [4.69, 9.17) is 9.47 Å². The molecule has 0 bridgehead atoms. The zero-order valence-corrected chi connectivity index (χ0v) is 11.7. The minimum absolute atomic E-state index is 0.0581. The van der Waals surface area contributed by atoms with E-state index in [2.05, 4.69) is 0 Å². The molecule has 2 atom stereocenters. The van der Waals surface area contributed by atoms with E-state index >= 15 is 0 Å². The van der Waals surface area contributed by atoms with Gasteiger partial charge in [0.2, 0.25) is 0 Å². The molecule has 0 amide bonds. The minimum Gasteiger partial charge on any atom is -0.512 e. The molecule has 0 aromatic heterocycles. The highest BCUT2D eigenvalue weighted by atomic mass is 16.6. The highest BCUT2D eigenvalue weighted by molar-refractivity contribution is 5.94. The first kappa shape index (κ1) is 13.2. The number of hydrogen-bond donors (Lipinski definition) is 1. The fourth-order valence-electron chi connectivity index (χ4n) is 3.89. The molecule has 3 rings (SSSR count). The zero-order valence-electron chi connectivity index (χ0n) is 11.7. The third-order valence-electron chi connectivity index (χ3n) is 4.81. The number of aliphatic hydroxyl groups excluding tert-OH is 1. The van der Waals surface area contributed by atoms with Crippen molar-refractivity contribution in [2.75, 3.05) is 6.61 Å². The summed E-state index contributed by atoms with van der Waals surface area (Å²) in [6.07, 6.45) is 4.91. The molecule has 1 N–H and O–H groups in total. The highest BCUT2D eigenvalue weighted by Gasteiger charge is 2.63. The number of carbonyl (C=O) groups is 2. The molecule has 0 aromatic rings. The Morgan fingerprint density at radius 2 is 2.10 bits per heavy atom. The Labute approximate surface area is 117 Å². The van der Waals surface area contributed by atoms with Crippen LogP contribution in [0.2, 0.25) is 0 Å². The zero-order chi connectivity index (χ0) is 14.5. The van der Waals surface area contributed by atoms with Gasteiger partial charge in [0, 0.05) is 6.08 Å². The van der Waals surface area contributed by atoms with Crippen LogP contribution in [0.4, 0.5) is 0 Å². The van der Waals surface area contributed by atoms with Crippen LogP contribution in [-0.4, -0.2) is 29.3 Å². The molecule has 2 aliphatic heterocycles. The van der Waals surface area contributed by atoms with Crippen molar-refractivity contribution in [2.45, 2.75) is 45.1 Å². The molecule has 2 fully saturated rings. The highest BCUT2D eigenvalue weighted by Crippen LogP contribution is 2.57. The summed E-state index contributed by atoms with van der Waals surface area (Å²) in [6, 6.07) is 0. The maximum atomic E-state index is 11.9. The van der Waals surface area contributed by atoms with Gasteiger partial charge in [0.05, 0.1) is 11.0 Å². The monoisotopic (exact) mass is 278 g/mol. The fraction of sp³-hybridized carbons (Fsp3) is 0.600. The number of allylic oxidation sites excluding steroid dienone is 1. The number of aliphatic hydroxyl groups is 1. The average Bonchev–Trinajstić information content (AvgIpc) is 2.87. The second-order valence-electron chi connectivity index (χ2n) is 5.99.